The Labute approximate surface area is 189 Å². The van der Waals surface area contributed by atoms with Crippen molar-refractivity contribution >= 4 is 50.7 Å². The molecule has 0 unspecified atom stereocenters. The van der Waals surface area contributed by atoms with E-state index in [4.69, 9.17) is 9.47 Å². The van der Waals surface area contributed by atoms with Crippen LogP contribution in [0, 0.1) is 0 Å². The summed E-state index contributed by atoms with van der Waals surface area (Å²) in [4.78, 5) is 24.4. The Morgan fingerprint density at radius 2 is 2.07 bits per heavy atom. The minimum absolute atomic E-state index is 0.0238. The molecule has 2 aromatic heterocycles. The van der Waals surface area contributed by atoms with E-state index in [-0.39, 0.29) is 24.2 Å². The Kier molecular flexibility index (Phi) is 6.40. The van der Waals surface area contributed by atoms with E-state index in [1.54, 1.807) is 6.07 Å². The van der Waals surface area contributed by atoms with Crippen molar-refractivity contribution < 1.29 is 19.1 Å². The minimum Gasteiger partial charge on any atom is -0.454 e. The molecule has 0 saturated heterocycles. The van der Waals surface area contributed by atoms with Crippen LogP contribution in [-0.4, -0.2) is 45.5 Å². The highest BCUT2D eigenvalue weighted by Gasteiger charge is 2.20. The third-order valence-corrected chi connectivity index (χ3v) is 6.81. The zero-order valence-electron chi connectivity index (χ0n) is 15.9. The average molecular weight is 509 g/mol. The number of halogens is 1. The third-order valence-electron chi connectivity index (χ3n) is 4.22. The molecular weight excluding hydrogens is 492 g/mol. The van der Waals surface area contributed by atoms with Crippen LogP contribution in [-0.2, 0) is 11.2 Å². The van der Waals surface area contributed by atoms with Crippen molar-refractivity contribution in [2.45, 2.75) is 18.5 Å². The molecule has 156 valence electrons. The van der Waals surface area contributed by atoms with Crippen LogP contribution in [0.1, 0.15) is 22.4 Å². The van der Waals surface area contributed by atoms with Crippen molar-refractivity contribution in [3.05, 3.63) is 44.8 Å². The molecule has 4 rings (SSSR count). The number of ketones is 1. The summed E-state index contributed by atoms with van der Waals surface area (Å²) in [7, 11) is 0. The predicted molar refractivity (Wildman–Crippen MR) is 117 cm³/mol. The summed E-state index contributed by atoms with van der Waals surface area (Å²) in [5.74, 6) is 2.16. The summed E-state index contributed by atoms with van der Waals surface area (Å²) < 4.78 is 13.7. The quantitative estimate of drug-likeness (QED) is 0.367. The molecule has 0 atom stereocenters. The van der Waals surface area contributed by atoms with Crippen molar-refractivity contribution in [1.29, 1.82) is 0 Å². The molecule has 0 spiro atoms. The molecule has 8 nitrogen and oxygen atoms in total. The molecule has 0 saturated carbocycles. The molecule has 3 heterocycles. The van der Waals surface area contributed by atoms with Gasteiger partial charge in [0.25, 0.3) is 0 Å². The molecular formula is C19H17BrN4O4S2. The van der Waals surface area contributed by atoms with Gasteiger partial charge in [0, 0.05) is 26.0 Å². The fraction of sp³-hybridized carbons (Fsp3) is 0.263. The molecule has 3 aromatic rings. The van der Waals surface area contributed by atoms with Gasteiger partial charge in [0.1, 0.15) is 5.82 Å². The van der Waals surface area contributed by atoms with Crippen molar-refractivity contribution in [2.24, 2.45) is 0 Å². The first-order valence-electron chi connectivity index (χ1n) is 9.01. The molecule has 11 heteroatoms. The summed E-state index contributed by atoms with van der Waals surface area (Å²) in [6.07, 6.45) is 0.493. The molecule has 1 amide bonds. The van der Waals surface area contributed by atoms with E-state index < -0.39 is 0 Å². The number of thioether (sulfide) groups is 1. The van der Waals surface area contributed by atoms with Gasteiger partial charge in [0.05, 0.1) is 20.1 Å². The fourth-order valence-electron chi connectivity index (χ4n) is 2.86. The second-order valence-electron chi connectivity index (χ2n) is 6.32. The molecule has 30 heavy (non-hydrogen) atoms. The molecule has 0 aliphatic carbocycles. The standard InChI is InChI=1S/C19H17BrN4O4S2/c1-11(25)21-7-6-18-22-23-19(29-9-13(26)16-4-5-17(20)30-16)24(18)12-2-3-14-15(8-12)28-10-27-14/h2-5,8H,6-7,9-10H2,1H3,(H,21,25). The van der Waals surface area contributed by atoms with E-state index >= 15 is 0 Å². The van der Waals surface area contributed by atoms with E-state index in [1.165, 1.54) is 30.0 Å². The number of thiophene rings is 1. The molecule has 0 radical (unpaired) electrons. The van der Waals surface area contributed by atoms with E-state index in [0.29, 0.717) is 40.3 Å². The summed E-state index contributed by atoms with van der Waals surface area (Å²) >= 11 is 6.11. The lowest BCUT2D eigenvalue weighted by atomic mass is 10.2. The number of aromatic nitrogens is 3. The van der Waals surface area contributed by atoms with Gasteiger partial charge in [0.15, 0.2) is 22.4 Å². The van der Waals surface area contributed by atoms with E-state index in [9.17, 15) is 9.59 Å². The summed E-state index contributed by atoms with van der Waals surface area (Å²) in [5.41, 5.74) is 0.802. The number of hydrogen-bond acceptors (Lipinski definition) is 8. The molecule has 1 aromatic carbocycles. The van der Waals surface area contributed by atoms with Crippen LogP contribution in [0.3, 0.4) is 0 Å². The number of Topliss-reactive ketones (excluding diaryl/α,β-unsaturated/α-hetero) is 1. The van der Waals surface area contributed by atoms with Crippen LogP contribution < -0.4 is 14.8 Å². The number of rotatable bonds is 8. The maximum absolute atomic E-state index is 12.5. The lowest BCUT2D eigenvalue weighted by Gasteiger charge is -2.11. The van der Waals surface area contributed by atoms with Crippen molar-refractivity contribution in [3.8, 4) is 17.2 Å². The summed E-state index contributed by atoms with van der Waals surface area (Å²) in [6.45, 7) is 2.09. The Hall–Kier alpha value is -2.37. The van der Waals surface area contributed by atoms with Gasteiger partial charge in [-0.3, -0.25) is 14.2 Å². The number of benzene rings is 1. The molecule has 1 aliphatic rings. The highest BCUT2D eigenvalue weighted by atomic mass is 79.9. The van der Waals surface area contributed by atoms with Crippen molar-refractivity contribution in [3.63, 3.8) is 0 Å². The largest absolute Gasteiger partial charge is 0.454 e. The maximum Gasteiger partial charge on any atom is 0.231 e. The molecule has 1 aliphatic heterocycles. The van der Waals surface area contributed by atoms with Gasteiger partial charge in [-0.15, -0.1) is 21.5 Å². The van der Waals surface area contributed by atoms with Crippen LogP contribution in [0.2, 0.25) is 0 Å². The van der Waals surface area contributed by atoms with Crippen LogP contribution in [0.4, 0.5) is 0 Å². The first-order chi connectivity index (χ1) is 14.5. The number of amides is 1. The first kappa shape index (κ1) is 20.9. The Morgan fingerprint density at radius 3 is 2.83 bits per heavy atom. The number of ether oxygens (including phenoxy) is 2. The van der Waals surface area contributed by atoms with Crippen molar-refractivity contribution in [2.75, 3.05) is 19.1 Å². The van der Waals surface area contributed by atoms with Gasteiger partial charge in [-0.25, -0.2) is 0 Å². The highest BCUT2D eigenvalue weighted by Crippen LogP contribution is 2.35. The topological polar surface area (TPSA) is 95.3 Å². The zero-order chi connectivity index (χ0) is 21.1. The number of fused-ring (bicyclic) bond motifs is 1. The van der Waals surface area contributed by atoms with E-state index in [0.717, 1.165) is 9.47 Å². The molecule has 0 bridgehead atoms. The number of nitrogens with zero attached hydrogens (tertiary/aromatic N) is 3. The molecule has 1 N–H and O–H groups in total. The van der Waals surface area contributed by atoms with Crippen LogP contribution in [0.25, 0.3) is 5.69 Å². The number of hydrogen-bond donors (Lipinski definition) is 1. The zero-order valence-corrected chi connectivity index (χ0v) is 19.1. The minimum atomic E-state index is -0.105. The second kappa shape index (κ2) is 9.19. The van der Waals surface area contributed by atoms with Gasteiger partial charge in [-0.05, 0) is 40.2 Å². The predicted octanol–water partition coefficient (Wildman–Crippen LogP) is 3.47. The van der Waals surface area contributed by atoms with Gasteiger partial charge in [0.2, 0.25) is 12.7 Å². The summed E-state index contributed by atoms with van der Waals surface area (Å²) in [6, 6.07) is 9.24. The Balaban J connectivity index is 1.58. The second-order valence-corrected chi connectivity index (χ2v) is 9.73. The Morgan fingerprint density at radius 1 is 1.23 bits per heavy atom. The van der Waals surface area contributed by atoms with Gasteiger partial charge in [-0.2, -0.15) is 0 Å². The normalized spacial score (nSPS) is 12.2. The first-order valence-corrected chi connectivity index (χ1v) is 11.6. The van der Waals surface area contributed by atoms with Crippen LogP contribution in [0.15, 0.2) is 39.3 Å². The van der Waals surface area contributed by atoms with Crippen molar-refractivity contribution in [1.82, 2.24) is 20.1 Å². The van der Waals surface area contributed by atoms with Gasteiger partial charge < -0.3 is 14.8 Å². The third kappa shape index (κ3) is 4.68. The maximum atomic E-state index is 12.5. The smallest absolute Gasteiger partial charge is 0.231 e. The lowest BCUT2D eigenvalue weighted by Crippen LogP contribution is -2.23. The van der Waals surface area contributed by atoms with Crippen LogP contribution >= 0.6 is 39.0 Å². The van der Waals surface area contributed by atoms with E-state index in [2.05, 4.69) is 31.4 Å². The SMILES string of the molecule is CC(=O)NCCc1nnc(SCC(=O)c2ccc(Br)s2)n1-c1ccc2c(c1)OCO2. The summed E-state index contributed by atoms with van der Waals surface area (Å²) in [5, 5.41) is 11.9. The number of carbonyl (C=O) groups is 2. The number of nitrogens with one attached hydrogen (secondary N) is 1. The average Bonchev–Trinajstić information content (AvgIpc) is 3.44. The fourth-order valence-corrected chi connectivity index (χ4v) is 5.12. The van der Waals surface area contributed by atoms with Gasteiger partial charge >= 0.3 is 0 Å². The highest BCUT2D eigenvalue weighted by molar-refractivity contribution is 9.11. The van der Waals surface area contributed by atoms with Crippen LogP contribution in [0.5, 0.6) is 11.5 Å². The van der Waals surface area contributed by atoms with E-state index in [1.807, 2.05) is 28.8 Å². The lowest BCUT2D eigenvalue weighted by molar-refractivity contribution is -0.118. The van der Waals surface area contributed by atoms with Gasteiger partial charge in [-0.1, -0.05) is 11.8 Å². The number of carbonyl (C=O) groups excluding carboxylic acids is 2. The Bertz CT molecular complexity index is 1100. The molecule has 0 fully saturated rings. The monoisotopic (exact) mass is 508 g/mol.